The minimum atomic E-state index is -0.969. The fourth-order valence-corrected chi connectivity index (χ4v) is 3.27. The number of rotatable bonds is 3. The number of nitrogens with zero attached hydrogens (tertiary/aromatic N) is 3. The molecule has 0 spiro atoms. The first-order valence-corrected chi connectivity index (χ1v) is 8.57. The Bertz CT molecular complexity index is 959. The average molecular weight is 349 g/mol. The largest absolute Gasteiger partial charge is 0.478 e. The van der Waals surface area contributed by atoms with Crippen LogP contribution in [0.15, 0.2) is 48.7 Å². The molecule has 1 fully saturated rings. The van der Waals surface area contributed by atoms with Gasteiger partial charge in [0.1, 0.15) is 5.52 Å². The maximum atomic E-state index is 11.6. The number of anilines is 1. The lowest BCUT2D eigenvalue weighted by Crippen LogP contribution is -2.44. The highest BCUT2D eigenvalue weighted by molar-refractivity contribution is 5.98. The lowest BCUT2D eigenvalue weighted by Gasteiger charge is -2.35. The summed E-state index contributed by atoms with van der Waals surface area (Å²) in [5.74, 6) is -0.969. The average Bonchev–Trinajstić information content (AvgIpc) is 2.68. The summed E-state index contributed by atoms with van der Waals surface area (Å²) in [6, 6.07) is 13.2. The van der Waals surface area contributed by atoms with E-state index in [0.717, 1.165) is 16.9 Å². The van der Waals surface area contributed by atoms with Crippen molar-refractivity contribution < 1.29 is 14.6 Å². The molecule has 26 heavy (non-hydrogen) atoms. The van der Waals surface area contributed by atoms with Crippen LogP contribution >= 0.6 is 0 Å². The van der Waals surface area contributed by atoms with Crippen molar-refractivity contribution >= 4 is 22.7 Å². The lowest BCUT2D eigenvalue weighted by molar-refractivity contribution is 0.0697. The van der Waals surface area contributed by atoms with Gasteiger partial charge in [-0.1, -0.05) is 30.3 Å². The molecule has 3 aromatic rings. The van der Waals surface area contributed by atoms with Crippen LogP contribution in [0.3, 0.4) is 0 Å². The highest BCUT2D eigenvalue weighted by Crippen LogP contribution is 2.30. The zero-order valence-electron chi connectivity index (χ0n) is 14.4. The van der Waals surface area contributed by atoms with Gasteiger partial charge in [-0.25, -0.2) is 9.78 Å². The van der Waals surface area contributed by atoms with E-state index >= 15 is 0 Å². The predicted octanol–water partition coefficient (Wildman–Crippen LogP) is 3.22. The van der Waals surface area contributed by atoms with Crippen LogP contribution in [0, 0.1) is 0 Å². The van der Waals surface area contributed by atoms with Crippen LogP contribution in [0.25, 0.3) is 22.3 Å². The van der Waals surface area contributed by atoms with Gasteiger partial charge in [0, 0.05) is 18.2 Å². The number of carbonyl (C=O) groups is 1. The molecule has 132 valence electrons. The van der Waals surface area contributed by atoms with E-state index in [0.29, 0.717) is 30.8 Å². The fourth-order valence-electron chi connectivity index (χ4n) is 3.27. The van der Waals surface area contributed by atoms with Crippen molar-refractivity contribution in [2.75, 3.05) is 24.7 Å². The standard InChI is InChI=1S/C20H19N3O3/c1-13-12-26-8-7-23(13)18-10-15(20(24)25)9-16-19(18)22-17(11-21-16)14-5-3-2-4-6-14/h2-6,9-11,13H,7-8,12H2,1H3,(H,24,25). The summed E-state index contributed by atoms with van der Waals surface area (Å²) in [5.41, 5.74) is 4.05. The Hall–Kier alpha value is -2.99. The van der Waals surface area contributed by atoms with Gasteiger partial charge in [-0.2, -0.15) is 0 Å². The molecule has 2 aromatic carbocycles. The van der Waals surface area contributed by atoms with Crippen LogP contribution in [0.4, 0.5) is 5.69 Å². The molecular weight excluding hydrogens is 330 g/mol. The zero-order valence-corrected chi connectivity index (χ0v) is 14.4. The second-order valence-electron chi connectivity index (χ2n) is 6.41. The van der Waals surface area contributed by atoms with Crippen molar-refractivity contribution in [2.45, 2.75) is 13.0 Å². The van der Waals surface area contributed by atoms with Crippen LogP contribution in [-0.4, -0.2) is 46.8 Å². The van der Waals surface area contributed by atoms with Gasteiger partial charge >= 0.3 is 5.97 Å². The molecule has 6 heteroatoms. The molecule has 1 atom stereocenters. The number of aromatic carboxylic acids is 1. The number of ether oxygens (including phenoxy) is 1. The summed E-state index contributed by atoms with van der Waals surface area (Å²) in [4.78, 5) is 23.0. The zero-order chi connectivity index (χ0) is 18.1. The van der Waals surface area contributed by atoms with Crippen LogP contribution in [0.1, 0.15) is 17.3 Å². The number of hydrogen-bond acceptors (Lipinski definition) is 5. The van der Waals surface area contributed by atoms with E-state index in [4.69, 9.17) is 9.72 Å². The number of fused-ring (bicyclic) bond motifs is 1. The summed E-state index contributed by atoms with van der Waals surface area (Å²) in [5, 5.41) is 9.47. The highest BCUT2D eigenvalue weighted by Gasteiger charge is 2.23. The van der Waals surface area contributed by atoms with E-state index < -0.39 is 5.97 Å². The summed E-state index contributed by atoms with van der Waals surface area (Å²) in [7, 11) is 0. The van der Waals surface area contributed by atoms with Crippen LogP contribution in [-0.2, 0) is 4.74 Å². The molecule has 0 aliphatic carbocycles. The molecule has 4 rings (SSSR count). The van der Waals surface area contributed by atoms with Gasteiger partial charge in [-0.3, -0.25) is 4.98 Å². The first kappa shape index (κ1) is 16.5. The van der Waals surface area contributed by atoms with Gasteiger partial charge in [0.15, 0.2) is 0 Å². The smallest absolute Gasteiger partial charge is 0.335 e. The van der Waals surface area contributed by atoms with Gasteiger partial charge in [-0.15, -0.1) is 0 Å². The first-order chi connectivity index (χ1) is 12.6. The second kappa shape index (κ2) is 6.72. The van der Waals surface area contributed by atoms with Crippen molar-refractivity contribution in [3.63, 3.8) is 0 Å². The molecule has 0 bridgehead atoms. The third kappa shape index (κ3) is 2.99. The van der Waals surface area contributed by atoms with Gasteiger partial charge < -0.3 is 14.7 Å². The Kier molecular flexibility index (Phi) is 4.26. The number of carboxylic acid groups (broad SMARTS) is 1. The van der Waals surface area contributed by atoms with Crippen molar-refractivity contribution in [1.82, 2.24) is 9.97 Å². The number of hydrogen-bond donors (Lipinski definition) is 1. The van der Waals surface area contributed by atoms with E-state index in [1.807, 2.05) is 30.3 Å². The van der Waals surface area contributed by atoms with E-state index in [-0.39, 0.29) is 11.6 Å². The topological polar surface area (TPSA) is 75.5 Å². The van der Waals surface area contributed by atoms with E-state index in [9.17, 15) is 9.90 Å². The van der Waals surface area contributed by atoms with Gasteiger partial charge in [0.2, 0.25) is 0 Å². The monoisotopic (exact) mass is 349 g/mol. The highest BCUT2D eigenvalue weighted by atomic mass is 16.5. The maximum Gasteiger partial charge on any atom is 0.335 e. The maximum absolute atomic E-state index is 11.6. The molecule has 1 N–H and O–H groups in total. The molecule has 1 aliphatic rings. The molecule has 0 amide bonds. The molecule has 1 aliphatic heterocycles. The number of carboxylic acids is 1. The number of morpholine rings is 1. The van der Waals surface area contributed by atoms with E-state index in [1.165, 1.54) is 0 Å². The van der Waals surface area contributed by atoms with E-state index in [1.54, 1.807) is 18.3 Å². The van der Waals surface area contributed by atoms with Crippen molar-refractivity contribution in [3.05, 3.63) is 54.2 Å². The molecule has 6 nitrogen and oxygen atoms in total. The molecule has 1 saturated heterocycles. The van der Waals surface area contributed by atoms with Crippen molar-refractivity contribution in [3.8, 4) is 11.3 Å². The SMILES string of the molecule is CC1COCCN1c1cc(C(=O)O)cc2ncc(-c3ccccc3)nc12. The minimum Gasteiger partial charge on any atom is -0.478 e. The lowest BCUT2D eigenvalue weighted by atomic mass is 10.1. The fraction of sp³-hybridized carbons (Fsp3) is 0.250. The third-order valence-electron chi connectivity index (χ3n) is 4.62. The van der Waals surface area contributed by atoms with E-state index in [2.05, 4.69) is 16.8 Å². The molecule has 1 aromatic heterocycles. The second-order valence-corrected chi connectivity index (χ2v) is 6.41. The summed E-state index contributed by atoms with van der Waals surface area (Å²) >= 11 is 0. The summed E-state index contributed by atoms with van der Waals surface area (Å²) in [6.45, 7) is 3.96. The number of benzene rings is 2. The number of aromatic nitrogens is 2. The molecular formula is C20H19N3O3. The van der Waals surface area contributed by atoms with Gasteiger partial charge in [0.05, 0.1) is 41.9 Å². The van der Waals surface area contributed by atoms with Crippen molar-refractivity contribution in [2.24, 2.45) is 0 Å². The van der Waals surface area contributed by atoms with Crippen LogP contribution in [0.5, 0.6) is 0 Å². The molecule has 2 heterocycles. The minimum absolute atomic E-state index is 0.137. The summed E-state index contributed by atoms with van der Waals surface area (Å²) in [6.07, 6.45) is 1.69. The Balaban J connectivity index is 1.92. The Morgan fingerprint density at radius 1 is 1.27 bits per heavy atom. The van der Waals surface area contributed by atoms with Crippen molar-refractivity contribution in [1.29, 1.82) is 0 Å². The normalized spacial score (nSPS) is 17.4. The summed E-state index contributed by atoms with van der Waals surface area (Å²) < 4.78 is 5.52. The van der Waals surface area contributed by atoms with Crippen LogP contribution < -0.4 is 4.90 Å². The molecule has 1 unspecified atom stereocenters. The Morgan fingerprint density at radius 2 is 2.08 bits per heavy atom. The molecule has 0 radical (unpaired) electrons. The van der Waals surface area contributed by atoms with Gasteiger partial charge in [-0.05, 0) is 19.1 Å². The quantitative estimate of drug-likeness (QED) is 0.782. The molecule has 0 saturated carbocycles. The Morgan fingerprint density at radius 3 is 2.81 bits per heavy atom. The Labute approximate surface area is 151 Å². The third-order valence-corrected chi connectivity index (χ3v) is 4.62. The first-order valence-electron chi connectivity index (χ1n) is 8.57. The van der Waals surface area contributed by atoms with Crippen LogP contribution in [0.2, 0.25) is 0 Å². The van der Waals surface area contributed by atoms with Gasteiger partial charge in [0.25, 0.3) is 0 Å². The predicted molar refractivity (Wildman–Crippen MR) is 99.6 cm³/mol.